The third-order valence-corrected chi connectivity index (χ3v) is 3.85. The van der Waals surface area contributed by atoms with Crippen LogP contribution in [0, 0.1) is 0 Å². The summed E-state index contributed by atoms with van der Waals surface area (Å²) in [6.45, 7) is 13.1. The first kappa shape index (κ1) is 15.4. The number of carbonyl (C=O) groups excluding carboxylic acids is 1. The Hall–Kier alpha value is -0.650. The van der Waals surface area contributed by atoms with E-state index in [0.29, 0.717) is 19.1 Å². The first-order valence-electron chi connectivity index (χ1n) is 7.06. The maximum absolute atomic E-state index is 12.0. The van der Waals surface area contributed by atoms with Crippen molar-refractivity contribution in [2.45, 2.75) is 26.8 Å². The van der Waals surface area contributed by atoms with Crippen molar-refractivity contribution in [1.29, 1.82) is 0 Å². The quantitative estimate of drug-likeness (QED) is 0.716. The molecule has 1 aliphatic rings. The molecule has 106 valence electrons. The van der Waals surface area contributed by atoms with Crippen LogP contribution in [0.3, 0.4) is 0 Å². The van der Waals surface area contributed by atoms with Gasteiger partial charge in [-0.25, -0.2) is 0 Å². The lowest BCUT2D eigenvalue weighted by Crippen LogP contribution is -2.53. The van der Waals surface area contributed by atoms with Crippen molar-refractivity contribution in [3.05, 3.63) is 0 Å². The highest BCUT2D eigenvalue weighted by Crippen LogP contribution is 2.06. The van der Waals surface area contributed by atoms with E-state index in [2.05, 4.69) is 16.7 Å². The van der Waals surface area contributed by atoms with Gasteiger partial charge in [0.2, 0.25) is 5.91 Å². The molecule has 1 unspecified atom stereocenters. The summed E-state index contributed by atoms with van der Waals surface area (Å²) >= 11 is 0. The number of hydrogen-bond acceptors (Lipinski definition) is 4. The molecule has 1 rings (SSSR count). The highest BCUT2D eigenvalue weighted by Gasteiger charge is 2.22. The van der Waals surface area contributed by atoms with Crippen molar-refractivity contribution in [2.75, 3.05) is 52.4 Å². The summed E-state index contributed by atoms with van der Waals surface area (Å²) in [4.78, 5) is 18.5. The molecule has 0 spiro atoms. The number of carbonyl (C=O) groups is 1. The molecule has 0 aromatic rings. The molecule has 1 heterocycles. The van der Waals surface area contributed by atoms with Gasteiger partial charge in [0.1, 0.15) is 0 Å². The molecule has 1 saturated heterocycles. The van der Waals surface area contributed by atoms with Crippen molar-refractivity contribution < 1.29 is 4.79 Å². The summed E-state index contributed by atoms with van der Waals surface area (Å²) in [7, 11) is 0. The summed E-state index contributed by atoms with van der Waals surface area (Å²) in [5.74, 6) is 0.250. The topological polar surface area (TPSA) is 52.8 Å². The summed E-state index contributed by atoms with van der Waals surface area (Å²) in [5, 5.41) is 0. The largest absolute Gasteiger partial charge is 0.342 e. The predicted molar refractivity (Wildman–Crippen MR) is 74.5 cm³/mol. The number of amides is 1. The van der Waals surface area contributed by atoms with E-state index in [4.69, 9.17) is 5.73 Å². The van der Waals surface area contributed by atoms with E-state index in [1.165, 1.54) is 0 Å². The lowest BCUT2D eigenvalue weighted by Gasteiger charge is -2.37. The van der Waals surface area contributed by atoms with Crippen LogP contribution >= 0.6 is 0 Å². The first-order valence-corrected chi connectivity index (χ1v) is 7.06. The highest BCUT2D eigenvalue weighted by molar-refractivity contribution is 5.78. The SMILES string of the molecule is CCN(CC)C(=O)CN1CCN(C(C)CN)CC1. The molecule has 5 nitrogen and oxygen atoms in total. The van der Waals surface area contributed by atoms with E-state index in [-0.39, 0.29) is 5.91 Å². The smallest absolute Gasteiger partial charge is 0.236 e. The zero-order valence-electron chi connectivity index (χ0n) is 12.1. The lowest BCUT2D eigenvalue weighted by atomic mass is 10.2. The van der Waals surface area contributed by atoms with Crippen LogP contribution in [0.1, 0.15) is 20.8 Å². The van der Waals surface area contributed by atoms with Crippen LogP contribution in [-0.2, 0) is 4.79 Å². The van der Waals surface area contributed by atoms with Gasteiger partial charge in [0, 0.05) is 51.9 Å². The van der Waals surface area contributed by atoms with Crippen molar-refractivity contribution in [2.24, 2.45) is 5.73 Å². The lowest BCUT2D eigenvalue weighted by molar-refractivity contribution is -0.132. The molecular formula is C13H28N4O. The Bertz CT molecular complexity index is 247. The number of nitrogens with two attached hydrogens (primary N) is 1. The zero-order chi connectivity index (χ0) is 13.5. The van der Waals surface area contributed by atoms with Crippen LogP contribution in [0.25, 0.3) is 0 Å². The van der Waals surface area contributed by atoms with E-state index < -0.39 is 0 Å². The minimum absolute atomic E-state index is 0.250. The predicted octanol–water partition coefficient (Wildman–Crippen LogP) is -0.180. The molecule has 1 fully saturated rings. The number of nitrogens with zero attached hydrogens (tertiary/aromatic N) is 3. The summed E-state index contributed by atoms with van der Waals surface area (Å²) in [5.41, 5.74) is 5.68. The fourth-order valence-corrected chi connectivity index (χ4v) is 2.38. The van der Waals surface area contributed by atoms with E-state index in [1.54, 1.807) is 0 Å². The molecule has 5 heteroatoms. The second-order valence-corrected chi connectivity index (χ2v) is 4.96. The van der Waals surface area contributed by atoms with Crippen LogP contribution < -0.4 is 5.73 Å². The molecule has 1 aliphatic heterocycles. The molecule has 0 bridgehead atoms. The third kappa shape index (κ3) is 4.23. The average molecular weight is 256 g/mol. The molecular weight excluding hydrogens is 228 g/mol. The van der Waals surface area contributed by atoms with Crippen molar-refractivity contribution in [1.82, 2.24) is 14.7 Å². The Morgan fingerprint density at radius 2 is 1.78 bits per heavy atom. The molecule has 18 heavy (non-hydrogen) atoms. The van der Waals surface area contributed by atoms with E-state index in [1.807, 2.05) is 18.7 Å². The summed E-state index contributed by atoms with van der Waals surface area (Å²) in [6.07, 6.45) is 0. The van der Waals surface area contributed by atoms with Gasteiger partial charge in [0.15, 0.2) is 0 Å². The number of hydrogen-bond donors (Lipinski definition) is 1. The Morgan fingerprint density at radius 3 is 2.22 bits per heavy atom. The Labute approximate surface area is 111 Å². The molecule has 1 amide bonds. The fourth-order valence-electron chi connectivity index (χ4n) is 2.38. The second kappa shape index (κ2) is 7.71. The average Bonchev–Trinajstić information content (AvgIpc) is 2.40. The van der Waals surface area contributed by atoms with Crippen molar-refractivity contribution in [3.8, 4) is 0 Å². The maximum Gasteiger partial charge on any atom is 0.236 e. The van der Waals surface area contributed by atoms with E-state index in [9.17, 15) is 4.79 Å². The molecule has 0 radical (unpaired) electrons. The fraction of sp³-hybridized carbons (Fsp3) is 0.923. The van der Waals surface area contributed by atoms with Crippen LogP contribution in [0.15, 0.2) is 0 Å². The van der Waals surface area contributed by atoms with Crippen LogP contribution in [0.4, 0.5) is 0 Å². The van der Waals surface area contributed by atoms with Gasteiger partial charge >= 0.3 is 0 Å². The molecule has 0 aromatic carbocycles. The zero-order valence-corrected chi connectivity index (χ0v) is 12.1. The molecule has 1 atom stereocenters. The Balaban J connectivity index is 2.33. The van der Waals surface area contributed by atoms with Gasteiger partial charge in [-0.05, 0) is 20.8 Å². The first-order chi connectivity index (χ1) is 8.62. The van der Waals surface area contributed by atoms with Crippen molar-refractivity contribution >= 4 is 5.91 Å². The van der Waals surface area contributed by atoms with Crippen LogP contribution in [0.2, 0.25) is 0 Å². The van der Waals surface area contributed by atoms with Crippen LogP contribution in [-0.4, -0.2) is 79.0 Å². The van der Waals surface area contributed by atoms with Gasteiger partial charge < -0.3 is 10.6 Å². The molecule has 0 aliphatic carbocycles. The van der Waals surface area contributed by atoms with Gasteiger partial charge in [0.25, 0.3) is 0 Å². The standard InChI is InChI=1S/C13H28N4O/c1-4-16(5-2)13(18)11-15-6-8-17(9-7-15)12(3)10-14/h12H,4-11,14H2,1-3H3. The third-order valence-electron chi connectivity index (χ3n) is 3.85. The minimum Gasteiger partial charge on any atom is -0.342 e. The Kier molecular flexibility index (Phi) is 6.60. The highest BCUT2D eigenvalue weighted by atomic mass is 16.2. The molecule has 0 aromatic heterocycles. The van der Waals surface area contributed by atoms with E-state index in [0.717, 1.165) is 39.3 Å². The monoisotopic (exact) mass is 256 g/mol. The molecule has 2 N–H and O–H groups in total. The van der Waals surface area contributed by atoms with Crippen molar-refractivity contribution in [3.63, 3.8) is 0 Å². The summed E-state index contributed by atoms with van der Waals surface area (Å²) < 4.78 is 0. The second-order valence-electron chi connectivity index (χ2n) is 4.96. The van der Waals surface area contributed by atoms with Gasteiger partial charge in [-0.1, -0.05) is 0 Å². The van der Waals surface area contributed by atoms with E-state index >= 15 is 0 Å². The minimum atomic E-state index is 0.250. The van der Waals surface area contributed by atoms with Crippen LogP contribution in [0.5, 0.6) is 0 Å². The normalized spacial score (nSPS) is 19.8. The number of likely N-dealkylation sites (N-methyl/N-ethyl adjacent to an activating group) is 1. The van der Waals surface area contributed by atoms with Gasteiger partial charge in [-0.15, -0.1) is 0 Å². The number of piperazine rings is 1. The maximum atomic E-state index is 12.0. The number of rotatable bonds is 6. The molecule has 0 saturated carbocycles. The van der Waals surface area contributed by atoms with Gasteiger partial charge in [0.05, 0.1) is 6.54 Å². The van der Waals surface area contributed by atoms with Gasteiger partial charge in [-0.3, -0.25) is 14.6 Å². The van der Waals surface area contributed by atoms with Gasteiger partial charge in [-0.2, -0.15) is 0 Å². The summed E-state index contributed by atoms with van der Waals surface area (Å²) in [6, 6.07) is 0.450. The Morgan fingerprint density at radius 1 is 1.22 bits per heavy atom.